The average Bonchev–Trinajstić information content (AvgIpc) is 3.37. The molecule has 3 atom stereocenters. The number of likely N-dealkylation sites (tertiary alicyclic amines) is 1. The van der Waals surface area contributed by atoms with Crippen molar-refractivity contribution >= 4 is 11.8 Å². The Balaban J connectivity index is 1.13. The summed E-state index contributed by atoms with van der Waals surface area (Å²) < 4.78 is 26.3. The van der Waals surface area contributed by atoms with Crippen molar-refractivity contribution in [2.24, 2.45) is 0 Å². The average molecular weight is 512 g/mol. The lowest BCUT2D eigenvalue weighted by Crippen LogP contribution is -2.34. The van der Waals surface area contributed by atoms with Gasteiger partial charge in [0, 0.05) is 38.5 Å². The number of fused-ring (bicyclic) bond motifs is 1. The molecule has 4 heterocycles. The van der Waals surface area contributed by atoms with E-state index in [0.717, 1.165) is 81.4 Å². The highest BCUT2D eigenvalue weighted by molar-refractivity contribution is 5.76. The van der Waals surface area contributed by atoms with Crippen LogP contribution in [0.5, 0.6) is 0 Å². The number of halogens is 1. The maximum atomic E-state index is 14.3. The molecule has 2 fully saturated rings. The molecule has 0 amide bonds. The minimum Gasteiger partial charge on any atom is -0.480 e. The van der Waals surface area contributed by atoms with E-state index >= 15 is 0 Å². The van der Waals surface area contributed by atoms with Crippen LogP contribution in [0, 0.1) is 5.82 Å². The van der Waals surface area contributed by atoms with Crippen LogP contribution in [0.15, 0.2) is 30.3 Å². The minimum absolute atomic E-state index is 0.0177. The third-order valence-corrected chi connectivity index (χ3v) is 7.78. The summed E-state index contributed by atoms with van der Waals surface area (Å²) in [6, 6.07) is 7.90. The smallest absolute Gasteiger partial charge is 0.325 e. The largest absolute Gasteiger partial charge is 0.480 e. The van der Waals surface area contributed by atoms with Gasteiger partial charge in [-0.1, -0.05) is 12.1 Å². The van der Waals surface area contributed by atoms with Gasteiger partial charge in [0.2, 0.25) is 0 Å². The minimum atomic E-state index is -0.963. The maximum absolute atomic E-state index is 14.3. The second-order valence-electron chi connectivity index (χ2n) is 10.4. The first-order valence-electron chi connectivity index (χ1n) is 13.8. The van der Waals surface area contributed by atoms with Crippen molar-refractivity contribution in [2.75, 3.05) is 38.2 Å². The van der Waals surface area contributed by atoms with E-state index in [1.807, 2.05) is 4.90 Å². The first-order valence-corrected chi connectivity index (χ1v) is 13.8. The van der Waals surface area contributed by atoms with Crippen LogP contribution < -0.4 is 5.32 Å². The molecule has 0 saturated carbocycles. The van der Waals surface area contributed by atoms with Crippen molar-refractivity contribution in [2.45, 2.75) is 76.0 Å². The zero-order valence-corrected chi connectivity index (χ0v) is 21.5. The fourth-order valence-electron chi connectivity index (χ4n) is 5.84. The number of hydrogen-bond donors (Lipinski definition) is 2. The van der Waals surface area contributed by atoms with Crippen LogP contribution in [0.4, 0.5) is 10.2 Å². The molecule has 8 heteroatoms. The number of aliphatic carboxylic acids is 1. The number of pyridine rings is 1. The third kappa shape index (κ3) is 6.48. The predicted molar refractivity (Wildman–Crippen MR) is 139 cm³/mol. The second kappa shape index (κ2) is 12.3. The number of aryl methyl sites for hydroxylation is 2. The van der Waals surface area contributed by atoms with Crippen LogP contribution >= 0.6 is 0 Å². The molecule has 2 N–H and O–H groups in total. The van der Waals surface area contributed by atoms with Gasteiger partial charge < -0.3 is 19.9 Å². The van der Waals surface area contributed by atoms with E-state index in [9.17, 15) is 14.3 Å². The number of hydrogen-bond acceptors (Lipinski definition) is 6. The van der Waals surface area contributed by atoms with Gasteiger partial charge in [-0.15, -0.1) is 0 Å². The van der Waals surface area contributed by atoms with Gasteiger partial charge in [0.1, 0.15) is 17.7 Å². The maximum Gasteiger partial charge on any atom is 0.325 e. The first kappa shape index (κ1) is 26.1. The Labute approximate surface area is 218 Å². The number of aromatic nitrogens is 1. The van der Waals surface area contributed by atoms with E-state index in [0.29, 0.717) is 31.9 Å². The van der Waals surface area contributed by atoms with Gasteiger partial charge >= 0.3 is 5.97 Å². The number of nitrogens with one attached hydrogen (secondary N) is 1. The number of anilines is 1. The summed E-state index contributed by atoms with van der Waals surface area (Å²) in [4.78, 5) is 19.1. The summed E-state index contributed by atoms with van der Waals surface area (Å²) in [5, 5.41) is 13.5. The fourth-order valence-corrected chi connectivity index (χ4v) is 5.84. The normalized spacial score (nSPS) is 22.8. The Kier molecular flexibility index (Phi) is 8.69. The second-order valence-corrected chi connectivity index (χ2v) is 10.4. The molecule has 1 aromatic heterocycles. The van der Waals surface area contributed by atoms with Crippen LogP contribution in [0.25, 0.3) is 0 Å². The van der Waals surface area contributed by atoms with Crippen molar-refractivity contribution in [1.29, 1.82) is 0 Å². The van der Waals surface area contributed by atoms with Crippen LogP contribution in [0.3, 0.4) is 0 Å². The van der Waals surface area contributed by atoms with E-state index in [1.165, 1.54) is 17.7 Å². The summed E-state index contributed by atoms with van der Waals surface area (Å²) in [7, 11) is 0. The molecule has 200 valence electrons. The Bertz CT molecular complexity index is 1080. The van der Waals surface area contributed by atoms with Gasteiger partial charge in [0.05, 0.1) is 12.2 Å². The molecule has 7 nitrogen and oxygen atoms in total. The zero-order chi connectivity index (χ0) is 25.6. The van der Waals surface area contributed by atoms with Crippen molar-refractivity contribution in [3.8, 4) is 0 Å². The molecule has 2 saturated heterocycles. The van der Waals surface area contributed by atoms with E-state index in [1.54, 1.807) is 6.07 Å². The molecule has 37 heavy (non-hydrogen) atoms. The lowest BCUT2D eigenvalue weighted by molar-refractivity contribution is -0.143. The highest BCUT2D eigenvalue weighted by Crippen LogP contribution is 2.36. The Morgan fingerprint density at radius 3 is 2.97 bits per heavy atom. The van der Waals surface area contributed by atoms with Crippen LogP contribution in [0.1, 0.15) is 79.5 Å². The van der Waals surface area contributed by atoms with Gasteiger partial charge in [-0.25, -0.2) is 9.37 Å². The number of unbranched alkanes of at least 4 members (excludes halogenated alkanes) is 1. The molecule has 0 bridgehead atoms. The number of ether oxygens (including phenoxy) is 2. The highest BCUT2D eigenvalue weighted by atomic mass is 19.1. The topological polar surface area (TPSA) is 83.9 Å². The van der Waals surface area contributed by atoms with Gasteiger partial charge in [0.25, 0.3) is 0 Å². The SMILES string of the molecule is O=C(O)C(c1cc(F)ccc1C1CCCCO1)N1CC[C@@H](OCCCCc2ccc3c(n2)NCCC3)C1. The van der Waals surface area contributed by atoms with Crippen molar-refractivity contribution < 1.29 is 23.8 Å². The molecule has 0 aliphatic carbocycles. The summed E-state index contributed by atoms with van der Waals surface area (Å²) in [6.45, 7) is 3.41. The number of carboxylic acid groups (broad SMARTS) is 1. The molecule has 0 spiro atoms. The highest BCUT2D eigenvalue weighted by Gasteiger charge is 2.36. The molecule has 2 aromatic rings. The first-order chi connectivity index (χ1) is 18.1. The number of nitrogens with zero attached hydrogens (tertiary/aromatic N) is 2. The molecule has 1 aromatic carbocycles. The number of carbonyl (C=O) groups is 1. The molecule has 2 unspecified atom stereocenters. The molecule has 3 aliphatic heterocycles. The van der Waals surface area contributed by atoms with E-state index in [2.05, 4.69) is 17.4 Å². The predicted octanol–water partition coefficient (Wildman–Crippen LogP) is 5.06. The Morgan fingerprint density at radius 2 is 2.14 bits per heavy atom. The molecule has 0 radical (unpaired) electrons. The van der Waals surface area contributed by atoms with Crippen LogP contribution in [0.2, 0.25) is 0 Å². The summed E-state index contributed by atoms with van der Waals surface area (Å²) >= 11 is 0. The Morgan fingerprint density at radius 1 is 1.22 bits per heavy atom. The molecular formula is C29H38FN3O4. The fraction of sp³-hybridized carbons (Fsp3) is 0.586. The van der Waals surface area contributed by atoms with Crippen molar-refractivity contribution in [1.82, 2.24) is 9.88 Å². The lowest BCUT2D eigenvalue weighted by Gasteiger charge is -2.30. The van der Waals surface area contributed by atoms with Gasteiger partial charge in [0.15, 0.2) is 0 Å². The van der Waals surface area contributed by atoms with Crippen LogP contribution in [-0.2, 0) is 27.1 Å². The molecular weight excluding hydrogens is 473 g/mol. The zero-order valence-electron chi connectivity index (χ0n) is 21.5. The number of carboxylic acids is 1. The standard InChI is InChI=1S/C29H38FN3O4/c30-21-10-12-24(26-8-2-4-17-37-26)25(18-21)27(29(34)35)33-15-13-23(19-33)36-16-3-1-7-22-11-9-20-6-5-14-31-28(20)32-22/h9-12,18,23,26-27H,1-8,13-17,19H2,(H,31,32)(H,34,35)/t23-,26?,27?/m1/s1. The molecule has 5 rings (SSSR count). The third-order valence-electron chi connectivity index (χ3n) is 7.78. The molecule has 3 aliphatic rings. The summed E-state index contributed by atoms with van der Waals surface area (Å²) in [5.41, 5.74) is 3.72. The Hall–Kier alpha value is -2.55. The van der Waals surface area contributed by atoms with Gasteiger partial charge in [-0.05, 0) is 92.7 Å². The van der Waals surface area contributed by atoms with E-state index in [-0.39, 0.29) is 12.2 Å². The van der Waals surface area contributed by atoms with Crippen molar-refractivity contribution in [3.05, 3.63) is 58.5 Å². The number of rotatable bonds is 10. The van der Waals surface area contributed by atoms with Crippen LogP contribution in [-0.4, -0.2) is 59.9 Å². The summed E-state index contributed by atoms with van der Waals surface area (Å²) in [5.74, 6) is -0.345. The van der Waals surface area contributed by atoms with E-state index < -0.39 is 17.8 Å². The van der Waals surface area contributed by atoms with Gasteiger partial charge in [-0.3, -0.25) is 9.69 Å². The summed E-state index contributed by atoms with van der Waals surface area (Å²) in [6.07, 6.45) is 8.53. The number of benzene rings is 1. The van der Waals surface area contributed by atoms with Gasteiger partial charge in [-0.2, -0.15) is 0 Å². The van der Waals surface area contributed by atoms with E-state index in [4.69, 9.17) is 14.5 Å². The van der Waals surface area contributed by atoms with Crippen molar-refractivity contribution in [3.63, 3.8) is 0 Å². The monoisotopic (exact) mass is 511 g/mol. The quantitative estimate of drug-likeness (QED) is 0.432. The lowest BCUT2D eigenvalue weighted by atomic mass is 9.92.